The van der Waals surface area contributed by atoms with Crippen LogP contribution in [0, 0.1) is 0 Å². The van der Waals surface area contributed by atoms with Crippen LogP contribution >= 0.6 is 0 Å². The molecule has 1 aromatic heterocycles. The summed E-state index contributed by atoms with van der Waals surface area (Å²) in [4.78, 5) is 29.3. The van der Waals surface area contributed by atoms with E-state index in [0.717, 1.165) is 0 Å². The molecule has 0 saturated carbocycles. The predicted octanol–water partition coefficient (Wildman–Crippen LogP) is 2.18. The molecule has 0 aromatic carbocycles. The average molecular weight is 281 g/mol. The minimum absolute atomic E-state index is 0.517. The Balaban J connectivity index is 3.11. The van der Waals surface area contributed by atoms with Gasteiger partial charge < -0.3 is 14.1 Å². The van der Waals surface area contributed by atoms with Crippen LogP contribution in [0.1, 0.15) is 40.4 Å². The fourth-order valence-electron chi connectivity index (χ4n) is 1.81. The Morgan fingerprint density at radius 2 is 2.05 bits per heavy atom. The van der Waals surface area contributed by atoms with Gasteiger partial charge in [-0.2, -0.15) is 0 Å². The van der Waals surface area contributed by atoms with Crippen LogP contribution in [-0.4, -0.2) is 39.5 Å². The van der Waals surface area contributed by atoms with Gasteiger partial charge in [0.05, 0.1) is 0 Å². The van der Waals surface area contributed by atoms with Crippen molar-refractivity contribution >= 4 is 12.4 Å². The van der Waals surface area contributed by atoms with Gasteiger partial charge in [0.2, 0.25) is 0 Å². The number of carbonyl (C=O) groups is 2. The molecule has 0 saturated heterocycles. The van der Waals surface area contributed by atoms with Crippen molar-refractivity contribution in [1.82, 2.24) is 14.5 Å². The van der Waals surface area contributed by atoms with Crippen LogP contribution in [0.5, 0.6) is 0 Å². The number of ether oxygens (including phenoxy) is 1. The molecule has 1 atom stereocenters. The molecule has 0 aliphatic heterocycles. The molecule has 1 amide bonds. The lowest BCUT2D eigenvalue weighted by molar-refractivity contribution is -0.118. The number of aldehydes is 1. The van der Waals surface area contributed by atoms with E-state index in [0.29, 0.717) is 18.7 Å². The highest BCUT2D eigenvalue weighted by Gasteiger charge is 2.40. The molecule has 0 aliphatic rings. The molecule has 0 bridgehead atoms. The van der Waals surface area contributed by atoms with E-state index in [4.69, 9.17) is 4.74 Å². The van der Waals surface area contributed by atoms with Crippen LogP contribution in [0.25, 0.3) is 0 Å². The molecule has 0 N–H and O–H groups in total. The van der Waals surface area contributed by atoms with Gasteiger partial charge in [0.25, 0.3) is 0 Å². The molecule has 1 heterocycles. The Morgan fingerprint density at radius 1 is 1.45 bits per heavy atom. The van der Waals surface area contributed by atoms with Crippen molar-refractivity contribution in [3.8, 4) is 0 Å². The molecule has 0 spiro atoms. The van der Waals surface area contributed by atoms with Crippen LogP contribution in [0.15, 0.2) is 12.4 Å². The number of likely N-dealkylation sites (N-methyl/N-ethyl adjacent to an activating group) is 1. The zero-order chi connectivity index (χ0) is 15.6. The van der Waals surface area contributed by atoms with Gasteiger partial charge in [-0.3, -0.25) is 4.90 Å². The fraction of sp³-hybridized carbons (Fsp3) is 0.643. The number of nitrogens with zero attached hydrogens (tertiary/aromatic N) is 3. The van der Waals surface area contributed by atoms with Crippen LogP contribution in [0.2, 0.25) is 0 Å². The van der Waals surface area contributed by atoms with Gasteiger partial charge in [-0.05, 0) is 34.6 Å². The molecule has 1 rings (SSSR count). The lowest BCUT2D eigenvalue weighted by Crippen LogP contribution is -2.49. The smallest absolute Gasteiger partial charge is 0.411 e. The second-order valence-corrected chi connectivity index (χ2v) is 5.84. The van der Waals surface area contributed by atoms with E-state index in [9.17, 15) is 9.59 Å². The summed E-state index contributed by atoms with van der Waals surface area (Å²) < 4.78 is 7.14. The van der Waals surface area contributed by atoms with Gasteiger partial charge >= 0.3 is 6.09 Å². The van der Waals surface area contributed by atoms with Crippen molar-refractivity contribution < 1.29 is 14.3 Å². The van der Waals surface area contributed by atoms with Crippen molar-refractivity contribution in [2.75, 3.05) is 7.05 Å². The highest BCUT2D eigenvalue weighted by Crippen LogP contribution is 2.25. The Labute approximate surface area is 119 Å². The first-order valence-corrected chi connectivity index (χ1v) is 6.60. The number of aryl methyl sites for hydroxylation is 1. The maximum Gasteiger partial charge on any atom is 0.411 e. The molecule has 20 heavy (non-hydrogen) atoms. The zero-order valence-corrected chi connectivity index (χ0v) is 13.0. The monoisotopic (exact) mass is 281 g/mol. The maximum atomic E-state index is 12.2. The largest absolute Gasteiger partial charge is 0.444 e. The quantitative estimate of drug-likeness (QED) is 0.793. The zero-order valence-electron chi connectivity index (χ0n) is 13.0. The Hall–Kier alpha value is -1.85. The third-order valence-corrected chi connectivity index (χ3v) is 3.10. The number of aromatic nitrogens is 2. The fourth-order valence-corrected chi connectivity index (χ4v) is 1.81. The molecular weight excluding hydrogens is 258 g/mol. The lowest BCUT2D eigenvalue weighted by Gasteiger charge is -2.35. The van der Waals surface area contributed by atoms with E-state index in [1.807, 2.05) is 11.5 Å². The number of hydrogen-bond donors (Lipinski definition) is 0. The summed E-state index contributed by atoms with van der Waals surface area (Å²) >= 11 is 0. The summed E-state index contributed by atoms with van der Waals surface area (Å²) in [6.45, 7) is 9.61. The highest BCUT2D eigenvalue weighted by molar-refractivity contribution is 5.77. The van der Waals surface area contributed by atoms with Gasteiger partial charge in [0.15, 0.2) is 11.8 Å². The summed E-state index contributed by atoms with van der Waals surface area (Å²) in [5.41, 5.74) is -1.78. The SMILES string of the molecule is CCn1ccnc1C(C)(C=O)N(C)C(=O)OC(C)(C)C. The summed E-state index contributed by atoms with van der Waals surface area (Å²) in [5.74, 6) is 0.517. The number of amides is 1. The normalized spacial score (nSPS) is 14.5. The molecule has 6 heteroatoms. The van der Waals surface area contributed by atoms with E-state index < -0.39 is 17.2 Å². The first-order chi connectivity index (χ1) is 9.15. The Bertz CT molecular complexity index is 490. The molecule has 112 valence electrons. The van der Waals surface area contributed by atoms with Crippen molar-refractivity contribution in [3.05, 3.63) is 18.2 Å². The van der Waals surface area contributed by atoms with Crippen molar-refractivity contribution in [2.24, 2.45) is 0 Å². The van der Waals surface area contributed by atoms with E-state index in [1.54, 1.807) is 40.1 Å². The molecule has 1 aromatic rings. The summed E-state index contributed by atoms with van der Waals surface area (Å²) in [6.07, 6.45) is 3.55. The van der Waals surface area contributed by atoms with Crippen LogP contribution < -0.4 is 0 Å². The van der Waals surface area contributed by atoms with E-state index in [-0.39, 0.29) is 0 Å². The summed E-state index contributed by atoms with van der Waals surface area (Å²) in [6, 6.07) is 0. The number of imidazole rings is 1. The number of hydrogen-bond acceptors (Lipinski definition) is 4. The van der Waals surface area contributed by atoms with Crippen LogP contribution in [-0.2, 0) is 21.6 Å². The molecule has 0 aliphatic carbocycles. The first-order valence-electron chi connectivity index (χ1n) is 6.60. The minimum Gasteiger partial charge on any atom is -0.444 e. The highest BCUT2D eigenvalue weighted by atomic mass is 16.6. The van der Waals surface area contributed by atoms with Gasteiger partial charge in [-0.1, -0.05) is 0 Å². The van der Waals surface area contributed by atoms with Gasteiger partial charge in [-0.15, -0.1) is 0 Å². The average Bonchev–Trinajstić information content (AvgIpc) is 2.83. The second-order valence-electron chi connectivity index (χ2n) is 5.84. The second kappa shape index (κ2) is 5.64. The van der Waals surface area contributed by atoms with Gasteiger partial charge in [0.1, 0.15) is 11.4 Å². The predicted molar refractivity (Wildman–Crippen MR) is 75.3 cm³/mol. The molecule has 0 radical (unpaired) electrons. The molecular formula is C14H23N3O3. The van der Waals surface area contributed by atoms with Crippen molar-refractivity contribution in [2.45, 2.75) is 52.3 Å². The Kier molecular flexibility index (Phi) is 4.57. The molecule has 0 fully saturated rings. The maximum absolute atomic E-state index is 12.2. The number of rotatable bonds is 4. The molecule has 6 nitrogen and oxygen atoms in total. The van der Waals surface area contributed by atoms with Crippen LogP contribution in [0.4, 0.5) is 4.79 Å². The summed E-state index contributed by atoms with van der Waals surface area (Å²) in [7, 11) is 1.54. The number of carbonyl (C=O) groups excluding carboxylic acids is 2. The third-order valence-electron chi connectivity index (χ3n) is 3.10. The van der Waals surface area contributed by atoms with Gasteiger partial charge in [-0.25, -0.2) is 9.78 Å². The first kappa shape index (κ1) is 16.2. The lowest BCUT2D eigenvalue weighted by atomic mass is 10.0. The topological polar surface area (TPSA) is 64.4 Å². The van der Waals surface area contributed by atoms with E-state index >= 15 is 0 Å². The standard InChI is InChI=1S/C14H23N3O3/c1-7-17-9-8-15-11(17)14(5,10-18)16(6)12(19)20-13(2,3)4/h8-10H,7H2,1-6H3. The van der Waals surface area contributed by atoms with E-state index in [1.165, 1.54) is 11.9 Å². The van der Waals surface area contributed by atoms with Crippen molar-refractivity contribution in [1.29, 1.82) is 0 Å². The van der Waals surface area contributed by atoms with Gasteiger partial charge in [0, 0.05) is 26.0 Å². The molecule has 1 unspecified atom stereocenters. The third kappa shape index (κ3) is 3.18. The Morgan fingerprint density at radius 3 is 2.50 bits per heavy atom. The van der Waals surface area contributed by atoms with Crippen molar-refractivity contribution in [3.63, 3.8) is 0 Å². The summed E-state index contributed by atoms with van der Waals surface area (Å²) in [5, 5.41) is 0. The van der Waals surface area contributed by atoms with Crippen LogP contribution in [0.3, 0.4) is 0 Å². The van der Waals surface area contributed by atoms with E-state index in [2.05, 4.69) is 4.98 Å². The minimum atomic E-state index is -1.16.